The van der Waals surface area contributed by atoms with Crippen molar-refractivity contribution in [2.75, 3.05) is 93.2 Å². The molecule has 9 rings (SSSR count). The predicted molar refractivity (Wildman–Crippen MR) is 458 cm³/mol. The minimum atomic E-state index is -5.08. The number of likely N-dealkylation sites (tertiary alicyclic amines) is 2. The van der Waals surface area contributed by atoms with Crippen LogP contribution in [0, 0.1) is 56.3 Å². The van der Waals surface area contributed by atoms with E-state index in [0.717, 1.165) is 128 Å². The lowest BCUT2D eigenvalue weighted by Crippen LogP contribution is -2.44. The molecular formula is C84H111Br3F6N12O16. The molecule has 3 fully saturated rings. The highest BCUT2D eigenvalue weighted by Crippen LogP contribution is 2.36. The lowest BCUT2D eigenvalue weighted by Gasteiger charge is -2.32. The van der Waals surface area contributed by atoms with Crippen LogP contribution in [-0.4, -0.2) is 206 Å². The SMILES string of the molecule is C=CC(=O)N1CCC(N(CC)c2cc(Br)cc(C(=O)NCC3C(=O)NC(C)=CC3C)c2C)C1.C=CC(=O)OC(=O)C=C.CCN(c1cc(Br)cc(C(=O)NCC2C(=O)NC(C)=CC2C)c1C)C1CCN(C(=O)OC(C)(C)C)C1.CCN(c1cc(Br)cc(C(=O)NCC2C(=O)NC(C)=CC2C)c1C)C1CCNC1.O=C(O)C(F)(F)F.O=C(O)C(F)(F)F. The summed E-state index contributed by atoms with van der Waals surface area (Å²) in [6.45, 7) is 46.9. The average molecular weight is 1900 g/mol. The van der Waals surface area contributed by atoms with Gasteiger partial charge < -0.3 is 81.4 Å². The van der Waals surface area contributed by atoms with E-state index in [1.54, 1.807) is 4.90 Å². The zero-order chi connectivity index (χ0) is 91.6. The smallest absolute Gasteiger partial charge is 0.475 e. The van der Waals surface area contributed by atoms with Crippen LogP contribution < -0.4 is 51.9 Å². The fraction of sp³-hybridized carbons (Fsp3) is 0.500. The van der Waals surface area contributed by atoms with Crippen molar-refractivity contribution in [2.24, 2.45) is 35.5 Å². The molecule has 6 aliphatic heterocycles. The number of halogens is 9. The van der Waals surface area contributed by atoms with Crippen molar-refractivity contribution in [1.82, 2.24) is 47.0 Å². The Hall–Kier alpha value is -9.88. The van der Waals surface area contributed by atoms with E-state index in [1.165, 1.54) is 6.08 Å². The van der Waals surface area contributed by atoms with Gasteiger partial charge in [-0.25, -0.2) is 24.0 Å². The molecule has 0 aliphatic carbocycles. The van der Waals surface area contributed by atoms with Crippen molar-refractivity contribution >= 4 is 136 Å². The van der Waals surface area contributed by atoms with E-state index in [0.29, 0.717) is 55.5 Å². The van der Waals surface area contributed by atoms with Crippen LogP contribution in [0.15, 0.2) is 123 Å². The Morgan fingerprint density at radius 3 is 1.08 bits per heavy atom. The summed E-state index contributed by atoms with van der Waals surface area (Å²) < 4.78 is 75.6. The lowest BCUT2D eigenvalue weighted by atomic mass is 9.89. The normalized spacial score (nSPS) is 20.3. The van der Waals surface area contributed by atoms with Crippen LogP contribution in [0.5, 0.6) is 0 Å². The number of benzene rings is 3. The van der Waals surface area contributed by atoms with Gasteiger partial charge in [-0.1, -0.05) is 107 Å². The third-order valence-corrected chi connectivity index (χ3v) is 21.8. The Balaban J connectivity index is 0.000000337. The number of aliphatic carboxylic acids is 2. The molecular weight excluding hydrogens is 1790 g/mol. The van der Waals surface area contributed by atoms with Gasteiger partial charge >= 0.3 is 42.3 Å². The standard InChI is InChI=1S/C27H39BrN4O4.C25H33BrN4O3.C22H31BrN4O2.C6H6O3.2C2HF3O2/c1-8-32(20-9-10-31(15-20)26(35)36-27(5,6)7)23-13-19(28)12-21(18(23)4)24(33)29-14-22-16(2)11-17(3)30-25(22)34;1-6-23(31)29-9-8-19(14-29)30(7-2)22-12-18(26)11-20(17(22)5)24(32)27-13-21-15(3)10-16(4)28-25(21)33;1-5-27(17-6-7-24-11-17)20-10-16(23)9-18(15(20)4)21(28)25-12-19-13(2)8-14(3)26-22(19)29;1-3-5(7)9-6(8)4-2;2*3-2(4,5)1(6)7/h11-13,16,20,22H,8-10,14-15H2,1-7H3,(H,29,33)(H,30,34);6,10-12,15,19,21H,1,7-9,13-14H2,2-5H3,(H,27,32)(H,28,33);8-10,13,17,19,24H,5-7,11-12H2,1-4H3,(H,25,28)(H,26,29);3-4H,1-2H2;2*(H,6,7). The first kappa shape index (κ1) is 103. The minimum absolute atomic E-state index is 0.0321. The first-order chi connectivity index (χ1) is 56.4. The number of alkyl halides is 6. The highest BCUT2D eigenvalue weighted by molar-refractivity contribution is 9.11. The van der Waals surface area contributed by atoms with E-state index in [-0.39, 0.29) is 108 Å². The molecule has 666 valence electrons. The molecule has 6 aliphatic rings. The van der Waals surface area contributed by atoms with Crippen LogP contribution in [0.1, 0.15) is 150 Å². The van der Waals surface area contributed by atoms with E-state index in [4.69, 9.17) is 24.5 Å². The summed E-state index contributed by atoms with van der Waals surface area (Å²) in [7, 11) is 0. The van der Waals surface area contributed by atoms with Crippen LogP contribution in [0.25, 0.3) is 0 Å². The molecule has 9 N–H and O–H groups in total. The van der Waals surface area contributed by atoms with E-state index >= 15 is 0 Å². The van der Waals surface area contributed by atoms with Gasteiger partial charge in [0.1, 0.15) is 5.60 Å². The van der Waals surface area contributed by atoms with Crippen LogP contribution in [-0.2, 0) is 47.8 Å². The van der Waals surface area contributed by atoms with Crippen molar-refractivity contribution in [3.8, 4) is 0 Å². The number of nitrogens with zero attached hydrogens (tertiary/aromatic N) is 5. The summed E-state index contributed by atoms with van der Waals surface area (Å²) in [4.78, 5) is 150. The van der Waals surface area contributed by atoms with Crippen LogP contribution in [0.3, 0.4) is 0 Å². The molecule has 0 spiro atoms. The van der Waals surface area contributed by atoms with E-state index < -0.39 is 41.8 Å². The molecule has 0 saturated carbocycles. The summed E-state index contributed by atoms with van der Waals surface area (Å²) in [6.07, 6.45) is 1.56. The van der Waals surface area contributed by atoms with Crippen LogP contribution >= 0.6 is 47.8 Å². The summed E-state index contributed by atoms with van der Waals surface area (Å²) in [5, 5.41) is 35.1. The van der Waals surface area contributed by atoms with Gasteiger partial charge in [0.2, 0.25) is 23.6 Å². The highest BCUT2D eigenvalue weighted by atomic mass is 79.9. The Kier molecular flexibility index (Phi) is 40.1. The average Bonchev–Trinajstić information content (AvgIpc) is 1.79. The zero-order valence-electron chi connectivity index (χ0n) is 70.6. The highest BCUT2D eigenvalue weighted by Gasteiger charge is 2.41. The van der Waals surface area contributed by atoms with Gasteiger partial charge in [-0.2, -0.15) is 26.3 Å². The van der Waals surface area contributed by atoms with Gasteiger partial charge in [0, 0.05) is 167 Å². The quantitative estimate of drug-likeness (QED) is 0.0207. The summed E-state index contributed by atoms with van der Waals surface area (Å²) in [5.74, 6) is -8.49. The van der Waals surface area contributed by atoms with E-state index in [2.05, 4.69) is 151 Å². The largest absolute Gasteiger partial charge is 0.490 e. The third kappa shape index (κ3) is 31.2. The van der Waals surface area contributed by atoms with Gasteiger partial charge in [-0.05, 0) is 186 Å². The summed E-state index contributed by atoms with van der Waals surface area (Å²) in [5.41, 5.74) is 9.55. The molecule has 8 amide bonds. The molecule has 9 unspecified atom stereocenters. The van der Waals surface area contributed by atoms with Crippen molar-refractivity contribution in [3.05, 3.63) is 156 Å². The zero-order valence-corrected chi connectivity index (χ0v) is 75.4. The predicted octanol–water partition coefficient (Wildman–Crippen LogP) is 12.7. The second-order valence-corrected chi connectivity index (χ2v) is 33.1. The lowest BCUT2D eigenvalue weighted by molar-refractivity contribution is -0.193. The fourth-order valence-corrected chi connectivity index (χ4v) is 15.7. The molecule has 37 heteroatoms. The first-order valence-corrected chi connectivity index (χ1v) is 41.5. The summed E-state index contributed by atoms with van der Waals surface area (Å²) in [6, 6.07) is 12.4. The number of anilines is 3. The fourth-order valence-electron chi connectivity index (χ4n) is 14.3. The second-order valence-electron chi connectivity index (χ2n) is 30.4. The Morgan fingerprint density at radius 1 is 0.512 bits per heavy atom. The van der Waals surface area contributed by atoms with Crippen molar-refractivity contribution in [3.63, 3.8) is 0 Å². The van der Waals surface area contributed by atoms with Gasteiger partial charge in [-0.3, -0.25) is 33.6 Å². The van der Waals surface area contributed by atoms with E-state index in [1.807, 2.05) is 137 Å². The number of carboxylic acids is 2. The number of amides is 8. The third-order valence-electron chi connectivity index (χ3n) is 20.4. The van der Waals surface area contributed by atoms with Gasteiger partial charge in [0.05, 0.1) is 17.8 Å². The molecule has 9 atom stereocenters. The number of allylic oxidation sites excluding steroid dienone is 6. The maximum Gasteiger partial charge on any atom is 0.490 e. The van der Waals surface area contributed by atoms with Crippen LogP contribution in [0.2, 0.25) is 0 Å². The molecule has 3 saturated heterocycles. The number of ether oxygens (including phenoxy) is 2. The molecule has 28 nitrogen and oxygen atoms in total. The van der Waals surface area contributed by atoms with Crippen molar-refractivity contribution < 1.29 is 104 Å². The number of carbonyl (C=O) groups excluding carboxylic acids is 10. The number of hydrogen-bond acceptors (Lipinski definition) is 18. The maximum atomic E-state index is 13.2. The first-order valence-electron chi connectivity index (χ1n) is 39.1. The minimum Gasteiger partial charge on any atom is -0.475 e. The topological polar surface area (TPSA) is 364 Å². The van der Waals surface area contributed by atoms with Gasteiger partial charge in [0.25, 0.3) is 17.7 Å². The Labute approximate surface area is 726 Å². The number of nitrogens with one attached hydrogen (secondary N) is 7. The molecule has 6 heterocycles. The molecule has 0 aromatic heterocycles. The van der Waals surface area contributed by atoms with Crippen LogP contribution in [0.4, 0.5) is 48.2 Å². The van der Waals surface area contributed by atoms with E-state index in [9.17, 15) is 74.3 Å². The number of esters is 2. The number of carboxylic acid groups (broad SMARTS) is 2. The van der Waals surface area contributed by atoms with Crippen molar-refractivity contribution in [1.29, 1.82) is 0 Å². The molecule has 0 radical (unpaired) electrons. The molecule has 3 aromatic rings. The number of likely N-dealkylation sites (N-methyl/N-ethyl adjacent to an activating group) is 3. The second kappa shape index (κ2) is 46.9. The number of carbonyl (C=O) groups is 12. The Morgan fingerprint density at radius 2 is 0.818 bits per heavy atom. The Bertz CT molecular complexity index is 4370. The molecule has 3 aromatic carbocycles. The number of rotatable bonds is 21. The monoisotopic (exact) mass is 1890 g/mol. The molecule has 0 bridgehead atoms. The van der Waals surface area contributed by atoms with Crippen molar-refractivity contribution in [2.45, 2.75) is 159 Å². The summed E-state index contributed by atoms with van der Waals surface area (Å²) >= 11 is 10.7. The molecule has 121 heavy (non-hydrogen) atoms. The number of hydrogen-bond donors (Lipinski definition) is 9. The maximum absolute atomic E-state index is 13.2. The van der Waals surface area contributed by atoms with Gasteiger partial charge in [0.15, 0.2) is 0 Å². The van der Waals surface area contributed by atoms with Gasteiger partial charge in [-0.15, -0.1) is 0 Å².